The molecule has 2 fully saturated rings. The number of rotatable bonds is 4. The van der Waals surface area contributed by atoms with E-state index >= 15 is 0 Å². The molecule has 0 aromatic heterocycles. The molecule has 2 saturated heterocycles. The van der Waals surface area contributed by atoms with Crippen molar-refractivity contribution in [2.45, 2.75) is 38.1 Å². The van der Waals surface area contributed by atoms with Gasteiger partial charge < -0.3 is 15.1 Å². The van der Waals surface area contributed by atoms with E-state index in [0.717, 1.165) is 44.3 Å². The Morgan fingerprint density at radius 2 is 1.52 bits per heavy atom. The van der Waals surface area contributed by atoms with Gasteiger partial charge in [0, 0.05) is 37.3 Å². The SMILES string of the molecule is O=C(Nc1ccccc1)N1CCC(C(=O)N2CCCC2Cc2ccccc2)CC1. The molecule has 2 aromatic rings. The van der Waals surface area contributed by atoms with Gasteiger partial charge in [0.1, 0.15) is 0 Å². The number of benzene rings is 2. The van der Waals surface area contributed by atoms with Gasteiger partial charge in [-0.1, -0.05) is 48.5 Å². The lowest BCUT2D eigenvalue weighted by molar-refractivity contribution is -0.137. The third-order valence-electron chi connectivity index (χ3n) is 6.13. The van der Waals surface area contributed by atoms with Crippen LogP contribution in [-0.4, -0.2) is 47.4 Å². The molecule has 0 aliphatic carbocycles. The number of piperidine rings is 1. The van der Waals surface area contributed by atoms with Crippen LogP contribution in [0.5, 0.6) is 0 Å². The fourth-order valence-electron chi connectivity index (χ4n) is 4.51. The molecule has 29 heavy (non-hydrogen) atoms. The van der Waals surface area contributed by atoms with Crippen molar-refractivity contribution >= 4 is 17.6 Å². The molecule has 0 radical (unpaired) electrons. The lowest BCUT2D eigenvalue weighted by Gasteiger charge is -2.35. The minimum Gasteiger partial charge on any atom is -0.339 e. The molecule has 3 amide bonds. The van der Waals surface area contributed by atoms with Gasteiger partial charge in [0.15, 0.2) is 0 Å². The Morgan fingerprint density at radius 3 is 2.21 bits per heavy atom. The molecule has 152 valence electrons. The third kappa shape index (κ3) is 4.78. The van der Waals surface area contributed by atoms with E-state index in [0.29, 0.717) is 19.1 Å². The zero-order valence-corrected chi connectivity index (χ0v) is 16.8. The summed E-state index contributed by atoms with van der Waals surface area (Å²) >= 11 is 0. The summed E-state index contributed by atoms with van der Waals surface area (Å²) < 4.78 is 0. The van der Waals surface area contributed by atoms with Gasteiger partial charge in [-0.15, -0.1) is 0 Å². The fourth-order valence-corrected chi connectivity index (χ4v) is 4.51. The quantitative estimate of drug-likeness (QED) is 0.851. The highest BCUT2D eigenvalue weighted by Crippen LogP contribution is 2.27. The molecule has 4 rings (SSSR count). The van der Waals surface area contributed by atoms with Crippen molar-refractivity contribution < 1.29 is 9.59 Å². The van der Waals surface area contributed by atoms with Crippen molar-refractivity contribution in [1.82, 2.24) is 9.80 Å². The number of likely N-dealkylation sites (tertiary alicyclic amines) is 2. The Labute approximate surface area is 172 Å². The summed E-state index contributed by atoms with van der Waals surface area (Å²) in [6.07, 6.45) is 4.59. The van der Waals surface area contributed by atoms with Crippen molar-refractivity contribution in [2.24, 2.45) is 5.92 Å². The minimum absolute atomic E-state index is 0.0344. The van der Waals surface area contributed by atoms with E-state index in [9.17, 15) is 9.59 Å². The number of para-hydroxylation sites is 1. The predicted molar refractivity (Wildman–Crippen MR) is 115 cm³/mol. The van der Waals surface area contributed by atoms with Crippen molar-refractivity contribution in [2.75, 3.05) is 25.0 Å². The van der Waals surface area contributed by atoms with E-state index < -0.39 is 0 Å². The zero-order chi connectivity index (χ0) is 20.1. The number of nitrogens with one attached hydrogen (secondary N) is 1. The molecule has 5 heteroatoms. The molecule has 2 aromatic carbocycles. The van der Waals surface area contributed by atoms with E-state index in [1.54, 1.807) is 0 Å². The van der Waals surface area contributed by atoms with Crippen LogP contribution < -0.4 is 5.32 Å². The largest absolute Gasteiger partial charge is 0.339 e. The highest BCUT2D eigenvalue weighted by molar-refractivity contribution is 5.89. The van der Waals surface area contributed by atoms with Crippen LogP contribution in [0.25, 0.3) is 0 Å². The molecule has 5 nitrogen and oxygen atoms in total. The van der Waals surface area contributed by atoms with Crippen LogP contribution in [-0.2, 0) is 11.2 Å². The molecular weight excluding hydrogens is 362 g/mol. The lowest BCUT2D eigenvalue weighted by atomic mass is 9.94. The van der Waals surface area contributed by atoms with Crippen molar-refractivity contribution in [3.8, 4) is 0 Å². The summed E-state index contributed by atoms with van der Waals surface area (Å²) in [5.41, 5.74) is 2.10. The number of amides is 3. The maximum Gasteiger partial charge on any atom is 0.321 e. The zero-order valence-electron chi connectivity index (χ0n) is 16.8. The number of urea groups is 1. The Bertz CT molecular complexity index is 817. The van der Waals surface area contributed by atoms with E-state index in [1.807, 2.05) is 41.3 Å². The number of nitrogens with zero attached hydrogens (tertiary/aromatic N) is 2. The van der Waals surface area contributed by atoms with Gasteiger partial charge in [-0.05, 0) is 49.8 Å². The summed E-state index contributed by atoms with van der Waals surface area (Å²) in [4.78, 5) is 29.6. The number of anilines is 1. The molecule has 1 unspecified atom stereocenters. The Balaban J connectivity index is 1.30. The predicted octanol–water partition coefficient (Wildman–Crippen LogP) is 4.16. The topological polar surface area (TPSA) is 52.7 Å². The number of hydrogen-bond acceptors (Lipinski definition) is 2. The number of hydrogen-bond donors (Lipinski definition) is 1. The second-order valence-corrected chi connectivity index (χ2v) is 8.07. The average molecular weight is 392 g/mol. The van der Waals surface area contributed by atoms with Crippen LogP contribution in [0.4, 0.5) is 10.5 Å². The first-order chi connectivity index (χ1) is 14.2. The van der Waals surface area contributed by atoms with Gasteiger partial charge in [0.2, 0.25) is 5.91 Å². The summed E-state index contributed by atoms with van der Waals surface area (Å²) in [7, 11) is 0. The molecule has 0 spiro atoms. The van der Waals surface area contributed by atoms with Gasteiger partial charge in [-0.2, -0.15) is 0 Å². The minimum atomic E-state index is -0.0785. The molecular formula is C24H29N3O2. The van der Waals surface area contributed by atoms with Crippen molar-refractivity contribution in [3.05, 3.63) is 66.2 Å². The summed E-state index contributed by atoms with van der Waals surface area (Å²) in [5.74, 6) is 0.318. The van der Waals surface area contributed by atoms with Crippen LogP contribution >= 0.6 is 0 Å². The second kappa shape index (κ2) is 9.12. The van der Waals surface area contributed by atoms with E-state index in [4.69, 9.17) is 0 Å². The van der Waals surface area contributed by atoms with Gasteiger partial charge in [0.05, 0.1) is 0 Å². The molecule has 0 bridgehead atoms. The van der Waals surface area contributed by atoms with Gasteiger partial charge in [-0.3, -0.25) is 4.79 Å². The van der Waals surface area contributed by atoms with Crippen LogP contribution in [0.1, 0.15) is 31.2 Å². The number of carbonyl (C=O) groups is 2. The Morgan fingerprint density at radius 1 is 0.862 bits per heavy atom. The van der Waals surface area contributed by atoms with E-state index in [-0.39, 0.29) is 17.9 Å². The lowest BCUT2D eigenvalue weighted by Crippen LogP contribution is -2.47. The van der Waals surface area contributed by atoms with Crippen LogP contribution in [0.2, 0.25) is 0 Å². The molecule has 2 aliphatic rings. The van der Waals surface area contributed by atoms with E-state index in [1.165, 1.54) is 5.56 Å². The van der Waals surface area contributed by atoms with Crippen molar-refractivity contribution in [3.63, 3.8) is 0 Å². The summed E-state index contributed by atoms with van der Waals surface area (Å²) in [6, 6.07) is 20.2. The maximum atomic E-state index is 13.2. The van der Waals surface area contributed by atoms with Crippen molar-refractivity contribution in [1.29, 1.82) is 0 Å². The fraction of sp³-hybridized carbons (Fsp3) is 0.417. The molecule has 2 heterocycles. The number of carbonyl (C=O) groups excluding carboxylic acids is 2. The highest BCUT2D eigenvalue weighted by atomic mass is 16.2. The molecule has 1 N–H and O–H groups in total. The summed E-state index contributed by atoms with van der Waals surface area (Å²) in [6.45, 7) is 2.13. The third-order valence-corrected chi connectivity index (χ3v) is 6.13. The Kier molecular flexibility index (Phi) is 6.13. The van der Waals surface area contributed by atoms with Gasteiger partial charge in [-0.25, -0.2) is 4.79 Å². The smallest absolute Gasteiger partial charge is 0.321 e. The standard InChI is InChI=1S/C24H29N3O2/c28-23(27-15-7-12-22(27)18-19-8-3-1-4-9-19)20-13-16-26(17-14-20)24(29)25-21-10-5-2-6-11-21/h1-6,8-11,20,22H,7,12-18H2,(H,25,29). The second-order valence-electron chi connectivity index (χ2n) is 8.07. The highest BCUT2D eigenvalue weighted by Gasteiger charge is 2.35. The van der Waals surface area contributed by atoms with E-state index in [2.05, 4.69) is 34.5 Å². The van der Waals surface area contributed by atoms with Crippen LogP contribution in [0.3, 0.4) is 0 Å². The summed E-state index contributed by atoms with van der Waals surface area (Å²) in [5, 5.41) is 2.94. The first kappa shape index (κ1) is 19.5. The monoisotopic (exact) mass is 391 g/mol. The first-order valence-electron chi connectivity index (χ1n) is 10.7. The van der Waals surface area contributed by atoms with Gasteiger partial charge >= 0.3 is 6.03 Å². The molecule has 2 aliphatic heterocycles. The molecule has 0 saturated carbocycles. The van der Waals surface area contributed by atoms with Crippen LogP contribution in [0, 0.1) is 5.92 Å². The normalized spacial score (nSPS) is 19.9. The maximum absolute atomic E-state index is 13.2. The van der Waals surface area contributed by atoms with Crippen LogP contribution in [0.15, 0.2) is 60.7 Å². The average Bonchev–Trinajstić information content (AvgIpc) is 3.23. The first-order valence-corrected chi connectivity index (χ1v) is 10.7. The Hall–Kier alpha value is -2.82. The molecule has 1 atom stereocenters. The van der Waals surface area contributed by atoms with Gasteiger partial charge in [0.25, 0.3) is 0 Å².